The van der Waals surface area contributed by atoms with Crippen LogP contribution in [0.25, 0.3) is 0 Å². The van der Waals surface area contributed by atoms with Crippen LogP contribution in [0.5, 0.6) is 5.75 Å². The molecule has 0 bridgehead atoms. The predicted molar refractivity (Wildman–Crippen MR) is 77.2 cm³/mol. The summed E-state index contributed by atoms with van der Waals surface area (Å²) >= 11 is 0. The number of rotatable bonds is 6. The largest absolute Gasteiger partial charge is 0.489 e. The van der Waals surface area contributed by atoms with Gasteiger partial charge < -0.3 is 9.84 Å². The minimum absolute atomic E-state index is 0.256. The molecule has 0 aliphatic carbocycles. The first-order valence-corrected chi connectivity index (χ1v) is 6.68. The highest BCUT2D eigenvalue weighted by atomic mass is 16.5. The molecule has 2 heteroatoms. The molecule has 0 heterocycles. The molecule has 1 N–H and O–H groups in total. The Morgan fingerprint density at radius 3 is 2.47 bits per heavy atom. The van der Waals surface area contributed by atoms with Gasteiger partial charge in [0.05, 0.1) is 6.10 Å². The minimum Gasteiger partial charge on any atom is -0.489 e. The number of hydrogen-bond acceptors (Lipinski definition) is 2. The second kappa shape index (κ2) is 6.95. The van der Waals surface area contributed by atoms with Crippen molar-refractivity contribution in [3.63, 3.8) is 0 Å². The van der Waals surface area contributed by atoms with Crippen LogP contribution in [0.1, 0.15) is 24.5 Å². The van der Waals surface area contributed by atoms with Crippen molar-refractivity contribution in [2.45, 2.75) is 32.5 Å². The average Bonchev–Trinajstić information content (AvgIpc) is 2.44. The van der Waals surface area contributed by atoms with E-state index < -0.39 is 0 Å². The molecule has 0 spiro atoms. The summed E-state index contributed by atoms with van der Waals surface area (Å²) in [5.74, 6) is 0.881. The predicted octanol–water partition coefficient (Wildman–Crippen LogP) is 3.58. The summed E-state index contributed by atoms with van der Waals surface area (Å²) in [5.41, 5.74) is 2.36. The molecule has 0 unspecified atom stereocenters. The molecule has 0 amide bonds. The lowest BCUT2D eigenvalue weighted by atomic mass is 10.1. The van der Waals surface area contributed by atoms with E-state index in [1.807, 2.05) is 43.3 Å². The van der Waals surface area contributed by atoms with Gasteiger partial charge in [0, 0.05) is 0 Å². The first kappa shape index (κ1) is 13.6. The standard InChI is InChI=1S/C17H20O2/c1-14(18)10-11-15-8-5-9-17(12-15)19-13-16-6-3-2-4-7-16/h2-9,12,14,18H,10-11,13H2,1H3/t14-/m0/s1. The molecule has 2 rings (SSSR count). The van der Waals surface area contributed by atoms with Crippen molar-refractivity contribution in [1.29, 1.82) is 0 Å². The highest BCUT2D eigenvalue weighted by molar-refractivity contribution is 5.29. The third-order valence-corrected chi connectivity index (χ3v) is 3.00. The summed E-state index contributed by atoms with van der Waals surface area (Å²) in [6.45, 7) is 2.40. The van der Waals surface area contributed by atoms with E-state index in [4.69, 9.17) is 4.74 Å². The van der Waals surface area contributed by atoms with Crippen LogP contribution >= 0.6 is 0 Å². The van der Waals surface area contributed by atoms with Crippen LogP contribution in [0.15, 0.2) is 54.6 Å². The molecule has 1 atom stereocenters. The topological polar surface area (TPSA) is 29.5 Å². The lowest BCUT2D eigenvalue weighted by Gasteiger charge is -2.09. The maximum Gasteiger partial charge on any atom is 0.120 e. The fraction of sp³-hybridized carbons (Fsp3) is 0.294. The van der Waals surface area contributed by atoms with Gasteiger partial charge >= 0.3 is 0 Å². The minimum atomic E-state index is -0.256. The molecule has 100 valence electrons. The van der Waals surface area contributed by atoms with Crippen LogP contribution in [-0.4, -0.2) is 11.2 Å². The molecule has 0 radical (unpaired) electrons. The fourth-order valence-electron chi connectivity index (χ4n) is 1.91. The molecule has 0 aromatic heterocycles. The molecular formula is C17H20O2. The number of ether oxygens (including phenoxy) is 1. The van der Waals surface area contributed by atoms with Crippen molar-refractivity contribution in [2.75, 3.05) is 0 Å². The van der Waals surface area contributed by atoms with Crippen molar-refractivity contribution in [3.8, 4) is 5.75 Å². The summed E-state index contributed by atoms with van der Waals surface area (Å²) < 4.78 is 5.78. The molecule has 0 aliphatic rings. The van der Waals surface area contributed by atoms with Gasteiger partial charge in [-0.15, -0.1) is 0 Å². The Kier molecular flexibility index (Phi) is 4.99. The van der Waals surface area contributed by atoms with Gasteiger partial charge in [-0.05, 0) is 43.0 Å². The number of aliphatic hydroxyl groups excluding tert-OH is 1. The van der Waals surface area contributed by atoms with E-state index in [0.29, 0.717) is 6.61 Å². The molecule has 2 nitrogen and oxygen atoms in total. The Hall–Kier alpha value is -1.80. The molecule has 0 saturated carbocycles. The van der Waals surface area contributed by atoms with Gasteiger partial charge in [0.2, 0.25) is 0 Å². The molecule has 2 aromatic rings. The summed E-state index contributed by atoms with van der Waals surface area (Å²) in [4.78, 5) is 0. The molecular weight excluding hydrogens is 236 g/mol. The highest BCUT2D eigenvalue weighted by Gasteiger charge is 2.00. The van der Waals surface area contributed by atoms with Crippen LogP contribution in [0.3, 0.4) is 0 Å². The Bertz CT molecular complexity index is 492. The van der Waals surface area contributed by atoms with Gasteiger partial charge in [-0.3, -0.25) is 0 Å². The van der Waals surface area contributed by atoms with Crippen molar-refractivity contribution in [1.82, 2.24) is 0 Å². The second-order valence-electron chi connectivity index (χ2n) is 4.81. The Morgan fingerprint density at radius 2 is 1.74 bits per heavy atom. The smallest absolute Gasteiger partial charge is 0.120 e. The van der Waals surface area contributed by atoms with Crippen molar-refractivity contribution in [2.24, 2.45) is 0 Å². The summed E-state index contributed by atoms with van der Waals surface area (Å²) in [6.07, 6.45) is 1.40. The Morgan fingerprint density at radius 1 is 1.00 bits per heavy atom. The van der Waals surface area contributed by atoms with Gasteiger partial charge in [0.1, 0.15) is 12.4 Å². The third-order valence-electron chi connectivity index (χ3n) is 3.00. The molecule has 0 fully saturated rings. The van der Waals surface area contributed by atoms with Gasteiger partial charge in [0.15, 0.2) is 0 Å². The first-order chi connectivity index (χ1) is 9.24. The lowest BCUT2D eigenvalue weighted by Crippen LogP contribution is -2.01. The number of benzene rings is 2. The third kappa shape index (κ3) is 4.76. The number of aryl methyl sites for hydroxylation is 1. The van der Waals surface area contributed by atoms with Gasteiger partial charge in [-0.1, -0.05) is 42.5 Å². The van der Waals surface area contributed by atoms with E-state index in [9.17, 15) is 5.11 Å². The van der Waals surface area contributed by atoms with Crippen LogP contribution in [0.2, 0.25) is 0 Å². The summed E-state index contributed by atoms with van der Waals surface area (Å²) in [7, 11) is 0. The van der Waals surface area contributed by atoms with E-state index in [1.54, 1.807) is 0 Å². The van der Waals surface area contributed by atoms with Crippen molar-refractivity contribution < 1.29 is 9.84 Å². The van der Waals surface area contributed by atoms with Crippen molar-refractivity contribution in [3.05, 3.63) is 65.7 Å². The molecule has 2 aromatic carbocycles. The van der Waals surface area contributed by atoms with Gasteiger partial charge in [-0.25, -0.2) is 0 Å². The van der Waals surface area contributed by atoms with E-state index in [2.05, 4.69) is 18.2 Å². The molecule has 19 heavy (non-hydrogen) atoms. The highest BCUT2D eigenvalue weighted by Crippen LogP contribution is 2.16. The normalized spacial score (nSPS) is 12.1. The maximum atomic E-state index is 9.30. The number of hydrogen-bond donors (Lipinski definition) is 1. The van der Waals surface area contributed by atoms with E-state index >= 15 is 0 Å². The van der Waals surface area contributed by atoms with E-state index in [-0.39, 0.29) is 6.10 Å². The molecule has 0 aliphatic heterocycles. The van der Waals surface area contributed by atoms with Crippen LogP contribution in [0.4, 0.5) is 0 Å². The Balaban J connectivity index is 1.91. The molecule has 0 saturated heterocycles. The van der Waals surface area contributed by atoms with Crippen LogP contribution in [0, 0.1) is 0 Å². The van der Waals surface area contributed by atoms with Crippen LogP contribution < -0.4 is 4.74 Å². The lowest BCUT2D eigenvalue weighted by molar-refractivity contribution is 0.185. The van der Waals surface area contributed by atoms with E-state index in [0.717, 1.165) is 24.2 Å². The fourth-order valence-corrected chi connectivity index (χ4v) is 1.91. The van der Waals surface area contributed by atoms with Crippen molar-refractivity contribution >= 4 is 0 Å². The quantitative estimate of drug-likeness (QED) is 0.856. The number of aliphatic hydroxyl groups is 1. The van der Waals surface area contributed by atoms with Crippen LogP contribution in [-0.2, 0) is 13.0 Å². The SMILES string of the molecule is C[C@H](O)CCc1cccc(OCc2ccccc2)c1. The zero-order chi connectivity index (χ0) is 13.5. The monoisotopic (exact) mass is 256 g/mol. The van der Waals surface area contributed by atoms with Gasteiger partial charge in [-0.2, -0.15) is 0 Å². The summed E-state index contributed by atoms with van der Waals surface area (Å²) in [5, 5.41) is 9.30. The maximum absolute atomic E-state index is 9.30. The Labute approximate surface area is 114 Å². The second-order valence-corrected chi connectivity index (χ2v) is 4.81. The zero-order valence-corrected chi connectivity index (χ0v) is 11.3. The van der Waals surface area contributed by atoms with Gasteiger partial charge in [0.25, 0.3) is 0 Å². The summed E-state index contributed by atoms with van der Waals surface area (Å²) in [6, 6.07) is 18.2. The zero-order valence-electron chi connectivity index (χ0n) is 11.3. The first-order valence-electron chi connectivity index (χ1n) is 6.68. The average molecular weight is 256 g/mol. The van der Waals surface area contributed by atoms with E-state index in [1.165, 1.54) is 5.56 Å².